The SMILES string of the molecule is CC(C)c1nc(CN(C)C(=O)N[C@@H](CCN2CCOCC2)C(=O)[O-])cs1.CC(C)c1nc(CN(C)C(=O)N[C@@H](CCN2CCOCC2)C(=O)[O-])cs1.[Ca+2]. The van der Waals surface area contributed by atoms with Crippen molar-refractivity contribution >= 4 is 84.4 Å². The van der Waals surface area contributed by atoms with Crippen LogP contribution in [0.1, 0.15) is 73.8 Å². The number of nitrogens with one attached hydrogen (secondary N) is 2. The zero-order valence-corrected chi connectivity index (χ0v) is 35.7. The van der Waals surface area contributed by atoms with Gasteiger partial charge in [0.25, 0.3) is 0 Å². The van der Waals surface area contributed by atoms with Gasteiger partial charge in [-0.25, -0.2) is 19.6 Å². The fourth-order valence-electron chi connectivity index (χ4n) is 5.24. The number of ether oxygens (including phenoxy) is 2. The molecule has 0 radical (unpaired) electrons. The van der Waals surface area contributed by atoms with E-state index in [1.165, 1.54) is 9.80 Å². The second-order valence-corrected chi connectivity index (χ2v) is 15.3. The fourth-order valence-corrected chi connectivity index (χ4v) is 6.89. The van der Waals surface area contributed by atoms with Crippen molar-refractivity contribution in [1.82, 2.24) is 40.2 Å². The molecule has 0 spiro atoms. The quantitative estimate of drug-likeness (QED) is 0.218. The number of hydrogen-bond acceptors (Lipinski definition) is 14. The van der Waals surface area contributed by atoms with E-state index in [1.54, 1.807) is 36.8 Å². The molecule has 0 bridgehead atoms. The van der Waals surface area contributed by atoms with Gasteiger partial charge in [0, 0.05) is 76.0 Å². The fraction of sp³-hybridized carbons (Fsp3) is 0.706. The van der Waals surface area contributed by atoms with Crippen LogP contribution in [0.3, 0.4) is 0 Å². The van der Waals surface area contributed by atoms with Gasteiger partial charge in [0.2, 0.25) is 0 Å². The summed E-state index contributed by atoms with van der Waals surface area (Å²) in [4.78, 5) is 63.5. The molecule has 2 fully saturated rings. The van der Waals surface area contributed by atoms with Crippen molar-refractivity contribution < 1.29 is 38.9 Å². The number of rotatable bonds is 16. The third-order valence-corrected chi connectivity index (χ3v) is 10.8. The zero-order valence-electron chi connectivity index (χ0n) is 31.8. The molecule has 4 rings (SSSR count). The maximum absolute atomic E-state index is 12.3. The van der Waals surface area contributed by atoms with E-state index >= 15 is 0 Å². The van der Waals surface area contributed by atoms with Crippen molar-refractivity contribution in [2.45, 2.75) is 77.5 Å². The molecule has 16 nitrogen and oxygen atoms in total. The number of carboxylic acids is 2. The Hall–Kier alpha value is -2.16. The largest absolute Gasteiger partial charge is 2.00 e. The molecule has 2 aliphatic rings. The molecular weight excluding hydrogens is 753 g/mol. The van der Waals surface area contributed by atoms with Gasteiger partial charge >= 0.3 is 49.8 Å². The van der Waals surface area contributed by atoms with Crippen LogP contribution in [0.25, 0.3) is 0 Å². The summed E-state index contributed by atoms with van der Waals surface area (Å²) < 4.78 is 10.5. The van der Waals surface area contributed by atoms with Crippen molar-refractivity contribution in [3.05, 3.63) is 32.2 Å². The Kier molecular flexibility index (Phi) is 21.6. The molecule has 292 valence electrons. The number of thiazole rings is 2. The molecule has 0 saturated carbocycles. The smallest absolute Gasteiger partial charge is 0.548 e. The number of carbonyl (C=O) groups is 4. The molecule has 0 aliphatic carbocycles. The number of amides is 4. The van der Waals surface area contributed by atoms with Crippen LogP contribution in [0.5, 0.6) is 0 Å². The summed E-state index contributed by atoms with van der Waals surface area (Å²) >= 11 is 3.13. The Morgan fingerprint density at radius 1 is 0.717 bits per heavy atom. The molecule has 2 aromatic rings. The van der Waals surface area contributed by atoms with Crippen LogP contribution < -0.4 is 20.8 Å². The molecule has 19 heteroatoms. The first-order valence-corrected chi connectivity index (χ1v) is 19.4. The molecule has 53 heavy (non-hydrogen) atoms. The van der Waals surface area contributed by atoms with E-state index in [9.17, 15) is 29.4 Å². The minimum Gasteiger partial charge on any atom is -0.548 e. The maximum Gasteiger partial charge on any atom is 2.00 e. The van der Waals surface area contributed by atoms with Crippen LogP contribution >= 0.6 is 22.7 Å². The van der Waals surface area contributed by atoms with Crippen LogP contribution in [-0.4, -0.2) is 183 Å². The van der Waals surface area contributed by atoms with Crippen molar-refractivity contribution in [3.8, 4) is 0 Å². The number of aliphatic carboxylic acids is 2. The molecule has 2 N–H and O–H groups in total. The molecule has 2 aliphatic heterocycles. The molecular formula is C34H54CaN8O8S2. The molecule has 0 aromatic carbocycles. The monoisotopic (exact) mass is 806 g/mol. The summed E-state index contributed by atoms with van der Waals surface area (Å²) in [5.41, 5.74) is 1.60. The molecule has 2 saturated heterocycles. The Morgan fingerprint density at radius 3 is 1.34 bits per heavy atom. The van der Waals surface area contributed by atoms with E-state index in [-0.39, 0.29) is 37.7 Å². The van der Waals surface area contributed by atoms with Gasteiger partial charge in [-0.15, -0.1) is 22.7 Å². The number of urea groups is 2. The summed E-state index contributed by atoms with van der Waals surface area (Å²) in [6, 6.07) is -2.93. The Labute approximate surface area is 350 Å². The summed E-state index contributed by atoms with van der Waals surface area (Å²) in [5.74, 6) is -1.85. The first kappa shape index (κ1) is 47.0. The van der Waals surface area contributed by atoms with E-state index in [0.717, 1.165) is 47.6 Å². The minimum absolute atomic E-state index is 0. The molecule has 2 atom stereocenters. The van der Waals surface area contributed by atoms with Crippen LogP contribution in [0.4, 0.5) is 9.59 Å². The van der Waals surface area contributed by atoms with Crippen molar-refractivity contribution in [1.29, 1.82) is 0 Å². The van der Waals surface area contributed by atoms with Gasteiger partial charge in [0.05, 0.1) is 84.9 Å². The number of morpholine rings is 2. The van der Waals surface area contributed by atoms with E-state index in [2.05, 4.69) is 58.1 Å². The second kappa shape index (κ2) is 24.4. The number of aromatic nitrogens is 2. The number of nitrogens with zero attached hydrogens (tertiary/aromatic N) is 6. The number of carbonyl (C=O) groups excluding carboxylic acids is 4. The third kappa shape index (κ3) is 17.0. The van der Waals surface area contributed by atoms with Crippen molar-refractivity contribution in [3.63, 3.8) is 0 Å². The summed E-state index contributed by atoms with van der Waals surface area (Å²) in [6.45, 7) is 15.8. The molecule has 4 amide bonds. The topological polar surface area (TPSA) is 196 Å². The van der Waals surface area contributed by atoms with Crippen LogP contribution in [0, 0.1) is 0 Å². The molecule has 2 aromatic heterocycles. The average molecular weight is 807 g/mol. The average Bonchev–Trinajstić information content (AvgIpc) is 3.79. The molecule has 4 heterocycles. The van der Waals surface area contributed by atoms with E-state index in [0.29, 0.717) is 77.3 Å². The van der Waals surface area contributed by atoms with Gasteiger partial charge in [0.1, 0.15) is 0 Å². The summed E-state index contributed by atoms with van der Waals surface area (Å²) in [5, 5.41) is 33.7. The van der Waals surface area contributed by atoms with Gasteiger partial charge in [-0.1, -0.05) is 27.7 Å². The van der Waals surface area contributed by atoms with Crippen LogP contribution in [0.2, 0.25) is 0 Å². The minimum atomic E-state index is -1.27. The first-order chi connectivity index (χ1) is 24.7. The number of carboxylic acid groups (broad SMARTS) is 2. The Balaban J connectivity index is 0.000000360. The predicted molar refractivity (Wildman–Crippen MR) is 199 cm³/mol. The standard InChI is InChI=1S/2C17H28N4O4S.Ca/c2*1-12(2)15-18-13(11-26-15)10-20(3)17(24)19-14(16(22)23)4-5-21-6-8-25-9-7-21;/h2*11-12,14H,4-10H2,1-3H3,(H,19,24)(H,22,23);/q;;+2/p-2/t2*14-;/m00./s1. The van der Waals surface area contributed by atoms with E-state index < -0.39 is 36.1 Å². The van der Waals surface area contributed by atoms with Crippen molar-refractivity contribution in [2.75, 3.05) is 79.8 Å². The first-order valence-electron chi connectivity index (χ1n) is 17.7. The second-order valence-electron chi connectivity index (χ2n) is 13.5. The van der Waals surface area contributed by atoms with Gasteiger partial charge < -0.3 is 49.7 Å². The Bertz CT molecular complexity index is 1310. The summed E-state index contributed by atoms with van der Waals surface area (Å²) in [7, 11) is 3.25. The van der Waals surface area contributed by atoms with Gasteiger partial charge in [0.15, 0.2) is 0 Å². The summed E-state index contributed by atoms with van der Waals surface area (Å²) in [6.07, 6.45) is 0.603. The van der Waals surface area contributed by atoms with E-state index in [4.69, 9.17) is 9.47 Å². The van der Waals surface area contributed by atoms with Crippen molar-refractivity contribution in [2.24, 2.45) is 0 Å². The van der Waals surface area contributed by atoms with E-state index in [1.807, 2.05) is 10.8 Å². The van der Waals surface area contributed by atoms with Gasteiger partial charge in [-0.05, 0) is 12.8 Å². The number of hydrogen-bond donors (Lipinski definition) is 2. The Morgan fingerprint density at radius 2 is 1.06 bits per heavy atom. The van der Waals surface area contributed by atoms with Crippen LogP contribution in [-0.2, 0) is 32.2 Å². The van der Waals surface area contributed by atoms with Gasteiger partial charge in [-0.3, -0.25) is 9.80 Å². The molecule has 0 unspecified atom stereocenters. The van der Waals surface area contributed by atoms with Gasteiger partial charge in [-0.2, -0.15) is 0 Å². The van der Waals surface area contributed by atoms with Crippen LogP contribution in [0.15, 0.2) is 10.8 Å². The predicted octanol–water partition coefficient (Wildman–Crippen LogP) is 0.117. The maximum atomic E-state index is 12.3. The zero-order chi connectivity index (χ0) is 38.2. The third-order valence-electron chi connectivity index (χ3n) is 8.46. The normalized spacial score (nSPS) is 16.2.